The van der Waals surface area contributed by atoms with Crippen molar-refractivity contribution in [2.24, 2.45) is 0 Å². The summed E-state index contributed by atoms with van der Waals surface area (Å²) < 4.78 is 7.61. The summed E-state index contributed by atoms with van der Waals surface area (Å²) in [6.45, 7) is 11.1. The van der Waals surface area contributed by atoms with Crippen LogP contribution in [0, 0.1) is 13.8 Å². The number of carbonyl (C=O) groups excluding carboxylic acids is 1. The van der Waals surface area contributed by atoms with Gasteiger partial charge in [-0.2, -0.15) is 0 Å². The molecular formula is C27H28N4O2S2. The number of para-hydroxylation sites is 2. The van der Waals surface area contributed by atoms with Crippen molar-refractivity contribution in [2.75, 3.05) is 17.7 Å². The van der Waals surface area contributed by atoms with Gasteiger partial charge >= 0.3 is 0 Å². The molecule has 2 aromatic heterocycles. The number of amides is 1. The highest BCUT2D eigenvalue weighted by Crippen LogP contribution is 2.39. The Labute approximate surface area is 214 Å². The predicted octanol–water partition coefficient (Wildman–Crippen LogP) is 6.61. The summed E-state index contributed by atoms with van der Waals surface area (Å²) in [6, 6.07) is 15.9. The summed E-state index contributed by atoms with van der Waals surface area (Å²) in [4.78, 5) is 13.9. The van der Waals surface area contributed by atoms with Crippen LogP contribution in [-0.4, -0.2) is 33.0 Å². The first-order chi connectivity index (χ1) is 17.0. The van der Waals surface area contributed by atoms with E-state index in [9.17, 15) is 4.79 Å². The molecule has 180 valence electrons. The second-order valence-corrected chi connectivity index (χ2v) is 9.94. The number of hydrogen-bond donors (Lipinski definition) is 1. The van der Waals surface area contributed by atoms with Crippen LogP contribution in [0.3, 0.4) is 0 Å². The average Bonchev–Trinajstić information content (AvgIpc) is 3.43. The molecule has 8 heteroatoms. The van der Waals surface area contributed by atoms with Crippen molar-refractivity contribution >= 4 is 34.7 Å². The van der Waals surface area contributed by atoms with Crippen LogP contribution in [0.1, 0.15) is 17.4 Å². The number of thioether (sulfide) groups is 1. The molecule has 0 fully saturated rings. The van der Waals surface area contributed by atoms with Crippen LogP contribution >= 0.6 is 23.1 Å². The van der Waals surface area contributed by atoms with Crippen molar-refractivity contribution in [3.63, 3.8) is 0 Å². The second-order valence-electron chi connectivity index (χ2n) is 7.92. The molecule has 0 atom stereocenters. The number of aryl methyl sites for hydroxylation is 2. The highest BCUT2D eigenvalue weighted by molar-refractivity contribution is 7.99. The zero-order chi connectivity index (χ0) is 24.8. The molecule has 0 saturated heterocycles. The first kappa shape index (κ1) is 24.8. The van der Waals surface area contributed by atoms with Gasteiger partial charge in [0, 0.05) is 27.9 Å². The number of aromatic nitrogens is 3. The zero-order valence-corrected chi connectivity index (χ0v) is 21.7. The van der Waals surface area contributed by atoms with E-state index in [-0.39, 0.29) is 11.7 Å². The summed E-state index contributed by atoms with van der Waals surface area (Å²) in [5.41, 5.74) is 5.23. The Morgan fingerprint density at radius 3 is 2.69 bits per heavy atom. The molecule has 6 nitrogen and oxygen atoms in total. The monoisotopic (exact) mass is 504 g/mol. The minimum atomic E-state index is -0.136. The molecule has 0 radical (unpaired) electrons. The van der Waals surface area contributed by atoms with E-state index in [0.29, 0.717) is 29.7 Å². The van der Waals surface area contributed by atoms with Gasteiger partial charge in [-0.1, -0.05) is 59.8 Å². The maximum Gasteiger partial charge on any atom is 0.234 e. The largest absolute Gasteiger partial charge is 0.492 e. The number of anilines is 1. The number of benzene rings is 2. The van der Waals surface area contributed by atoms with Gasteiger partial charge in [0.2, 0.25) is 5.91 Å². The third kappa shape index (κ3) is 5.66. The topological polar surface area (TPSA) is 69.0 Å². The summed E-state index contributed by atoms with van der Waals surface area (Å²) in [5, 5.41) is 14.7. The van der Waals surface area contributed by atoms with Gasteiger partial charge in [-0.25, -0.2) is 0 Å². The molecule has 4 rings (SSSR count). The Kier molecular flexibility index (Phi) is 8.05. The van der Waals surface area contributed by atoms with E-state index in [4.69, 9.17) is 4.74 Å². The number of carbonyl (C=O) groups is 1. The van der Waals surface area contributed by atoms with Gasteiger partial charge in [-0.3, -0.25) is 9.36 Å². The Balaban J connectivity index is 1.56. The normalized spacial score (nSPS) is 10.8. The molecule has 1 amide bonds. The maximum atomic E-state index is 12.7. The Hall–Kier alpha value is -3.36. The molecule has 1 N–H and O–H groups in total. The summed E-state index contributed by atoms with van der Waals surface area (Å²) in [5.74, 6) is 1.49. The lowest BCUT2D eigenvalue weighted by Gasteiger charge is -2.12. The molecule has 0 aliphatic carbocycles. The minimum Gasteiger partial charge on any atom is -0.492 e. The number of rotatable bonds is 10. The fourth-order valence-corrected chi connectivity index (χ4v) is 5.37. The maximum absolute atomic E-state index is 12.7. The zero-order valence-electron chi connectivity index (χ0n) is 20.1. The third-order valence-corrected chi connectivity index (χ3v) is 7.26. The number of nitrogens with one attached hydrogen (secondary N) is 1. The van der Waals surface area contributed by atoms with Gasteiger partial charge in [0.05, 0.1) is 18.0 Å². The van der Waals surface area contributed by atoms with E-state index in [0.717, 1.165) is 22.5 Å². The van der Waals surface area contributed by atoms with Crippen LogP contribution in [0.15, 0.2) is 71.7 Å². The van der Waals surface area contributed by atoms with E-state index >= 15 is 0 Å². The van der Waals surface area contributed by atoms with Gasteiger partial charge in [0.15, 0.2) is 11.0 Å². The number of ether oxygens (including phenoxy) is 1. The predicted molar refractivity (Wildman–Crippen MR) is 145 cm³/mol. The van der Waals surface area contributed by atoms with E-state index < -0.39 is 0 Å². The molecule has 2 aromatic carbocycles. The van der Waals surface area contributed by atoms with E-state index in [1.807, 2.05) is 41.8 Å². The van der Waals surface area contributed by atoms with Crippen LogP contribution in [0.4, 0.5) is 5.69 Å². The average molecular weight is 505 g/mol. The van der Waals surface area contributed by atoms with Crippen LogP contribution in [0.5, 0.6) is 5.75 Å². The number of nitrogens with zero attached hydrogens (tertiary/aromatic N) is 3. The first-order valence-electron chi connectivity index (χ1n) is 11.4. The van der Waals surface area contributed by atoms with Crippen LogP contribution in [-0.2, 0) is 11.3 Å². The van der Waals surface area contributed by atoms with Crippen molar-refractivity contribution in [2.45, 2.75) is 32.5 Å². The lowest BCUT2D eigenvalue weighted by Crippen LogP contribution is -2.15. The Morgan fingerprint density at radius 1 is 1.17 bits per heavy atom. The van der Waals surface area contributed by atoms with Crippen LogP contribution in [0.2, 0.25) is 0 Å². The lowest BCUT2D eigenvalue weighted by atomic mass is 10.0. The summed E-state index contributed by atoms with van der Waals surface area (Å²) in [7, 11) is 0. The molecule has 35 heavy (non-hydrogen) atoms. The van der Waals surface area contributed by atoms with Crippen molar-refractivity contribution in [3.05, 3.63) is 77.0 Å². The molecule has 0 aliphatic rings. The highest BCUT2D eigenvalue weighted by Gasteiger charge is 2.21. The molecule has 0 bridgehead atoms. The molecule has 0 saturated carbocycles. The van der Waals surface area contributed by atoms with Crippen molar-refractivity contribution in [1.82, 2.24) is 14.8 Å². The molecule has 0 unspecified atom stereocenters. The SMILES string of the molecule is C=CCn1c(SCC(=O)Nc2ccccc2OCC)nnc1-c1csc(C)c1-c1ccc(C)cc1. The quantitative estimate of drug-likeness (QED) is 0.194. The fourth-order valence-electron chi connectivity index (χ4n) is 3.75. The van der Waals surface area contributed by atoms with Gasteiger partial charge < -0.3 is 10.1 Å². The van der Waals surface area contributed by atoms with E-state index in [2.05, 4.69) is 65.6 Å². The first-order valence-corrected chi connectivity index (χ1v) is 13.2. The van der Waals surface area contributed by atoms with Gasteiger partial charge in [-0.05, 0) is 38.5 Å². The van der Waals surface area contributed by atoms with E-state index in [1.54, 1.807) is 11.3 Å². The smallest absolute Gasteiger partial charge is 0.234 e. The Morgan fingerprint density at radius 2 is 1.94 bits per heavy atom. The highest BCUT2D eigenvalue weighted by atomic mass is 32.2. The van der Waals surface area contributed by atoms with E-state index in [1.165, 1.54) is 22.2 Å². The molecule has 0 aliphatic heterocycles. The van der Waals surface area contributed by atoms with Crippen LogP contribution in [0.25, 0.3) is 22.5 Å². The second kappa shape index (κ2) is 11.4. The summed E-state index contributed by atoms with van der Waals surface area (Å²) in [6.07, 6.45) is 1.82. The molecular weight excluding hydrogens is 476 g/mol. The fraction of sp³-hybridized carbons (Fsp3) is 0.222. The standard InChI is InChI=1S/C27H28N4O2S2/c1-5-15-31-26(21-16-34-19(4)25(21)20-13-11-18(3)12-14-20)29-30-27(31)35-17-24(32)28-22-9-7-8-10-23(22)33-6-2/h5,7-14,16H,1,6,15,17H2,2-4H3,(H,28,32). The van der Waals surface area contributed by atoms with Crippen molar-refractivity contribution in [3.8, 4) is 28.3 Å². The number of hydrogen-bond acceptors (Lipinski definition) is 6. The number of thiophene rings is 1. The van der Waals surface area contributed by atoms with Gasteiger partial charge in [0.25, 0.3) is 0 Å². The molecule has 0 spiro atoms. The van der Waals surface area contributed by atoms with Gasteiger partial charge in [-0.15, -0.1) is 28.1 Å². The summed E-state index contributed by atoms with van der Waals surface area (Å²) >= 11 is 3.05. The van der Waals surface area contributed by atoms with Crippen molar-refractivity contribution < 1.29 is 9.53 Å². The minimum absolute atomic E-state index is 0.136. The Bertz CT molecular complexity index is 1330. The molecule has 2 heterocycles. The van der Waals surface area contributed by atoms with Crippen molar-refractivity contribution in [1.29, 1.82) is 0 Å². The third-order valence-electron chi connectivity index (χ3n) is 5.38. The van der Waals surface area contributed by atoms with Crippen LogP contribution < -0.4 is 10.1 Å². The van der Waals surface area contributed by atoms with Gasteiger partial charge in [0.1, 0.15) is 5.75 Å². The lowest BCUT2D eigenvalue weighted by molar-refractivity contribution is -0.113. The molecule has 4 aromatic rings. The number of allylic oxidation sites excluding steroid dienone is 1.